The van der Waals surface area contributed by atoms with E-state index in [1.165, 1.54) is 48.8 Å². The number of allylic oxidation sites excluding steroid dienone is 4. The van der Waals surface area contributed by atoms with Gasteiger partial charge in [0.05, 0.1) is 18.3 Å². The zero-order chi connectivity index (χ0) is 36.9. The second-order valence-corrected chi connectivity index (χ2v) is 29.6. The standard InChI is InChI=1S/C45H72O3Si2/c1-32(21-26-41(46)45(28-29-45)36-19-15-14-16-20-36)38-24-25-39-34(18-17-27-44(38,39)9)22-23-35-30-37(47-49(10,11)42(3,4)5)31-40(33(35)2)48-50(12,13)43(6,7)8/h14-16,19-23,26,32,37-41,46H,2,17-18,24-25,27-31H2,1,3-13H3/b26-21+,34-22+,35-23-/t32-,37-,38-,39+,40+,41-,44-/m1/s1. The third-order valence-electron chi connectivity index (χ3n) is 14.7. The third kappa shape index (κ3) is 8.03. The molecule has 7 atom stereocenters. The highest BCUT2D eigenvalue weighted by molar-refractivity contribution is 6.74. The average molecular weight is 717 g/mol. The third-order valence-corrected chi connectivity index (χ3v) is 23.7. The summed E-state index contributed by atoms with van der Waals surface area (Å²) in [4.78, 5) is 0. The Morgan fingerprint density at radius 2 is 1.50 bits per heavy atom. The van der Waals surface area contributed by atoms with E-state index < -0.39 is 22.7 Å². The molecule has 1 aromatic carbocycles. The molecule has 5 rings (SSSR count). The summed E-state index contributed by atoms with van der Waals surface area (Å²) in [6.07, 6.45) is 19.4. The number of fused-ring (bicyclic) bond motifs is 1. The van der Waals surface area contributed by atoms with Crippen LogP contribution in [0.1, 0.15) is 119 Å². The minimum atomic E-state index is -2.00. The Morgan fingerprint density at radius 1 is 0.880 bits per heavy atom. The molecule has 0 aromatic heterocycles. The minimum Gasteiger partial charge on any atom is -0.413 e. The van der Waals surface area contributed by atoms with Crippen molar-refractivity contribution >= 4 is 16.6 Å². The lowest BCUT2D eigenvalue weighted by atomic mass is 9.61. The molecular weight excluding hydrogens is 645 g/mol. The van der Waals surface area contributed by atoms with E-state index in [9.17, 15) is 5.11 Å². The van der Waals surface area contributed by atoms with Crippen LogP contribution in [-0.2, 0) is 14.3 Å². The molecule has 4 fully saturated rings. The lowest BCUT2D eigenvalue weighted by Crippen LogP contribution is -2.49. The molecule has 5 heteroatoms. The topological polar surface area (TPSA) is 38.7 Å². The van der Waals surface area contributed by atoms with Crippen LogP contribution in [0.5, 0.6) is 0 Å². The number of aliphatic hydroxyl groups excluding tert-OH is 1. The van der Waals surface area contributed by atoms with Gasteiger partial charge in [-0.2, -0.15) is 0 Å². The Kier molecular flexibility index (Phi) is 11.4. The molecule has 0 saturated heterocycles. The zero-order valence-electron chi connectivity index (χ0n) is 34.0. The molecule has 4 aliphatic rings. The van der Waals surface area contributed by atoms with Gasteiger partial charge in [-0.15, -0.1) is 0 Å². The molecule has 0 bridgehead atoms. The van der Waals surface area contributed by atoms with E-state index in [0.717, 1.165) is 25.7 Å². The molecule has 3 nitrogen and oxygen atoms in total. The fourth-order valence-corrected chi connectivity index (χ4v) is 11.8. The molecule has 4 saturated carbocycles. The highest BCUT2D eigenvalue weighted by atomic mass is 28.4. The molecule has 0 spiro atoms. The van der Waals surface area contributed by atoms with Gasteiger partial charge in [0.1, 0.15) is 0 Å². The van der Waals surface area contributed by atoms with Crippen molar-refractivity contribution in [2.24, 2.45) is 23.2 Å². The monoisotopic (exact) mass is 717 g/mol. The average Bonchev–Trinajstić information content (AvgIpc) is 3.75. The number of aliphatic hydroxyl groups is 1. The van der Waals surface area contributed by atoms with Crippen molar-refractivity contribution in [3.05, 3.63) is 83.5 Å². The molecule has 0 aliphatic heterocycles. The lowest BCUT2D eigenvalue weighted by Gasteiger charge is -2.45. The van der Waals surface area contributed by atoms with Crippen LogP contribution in [0, 0.1) is 23.2 Å². The molecule has 0 radical (unpaired) electrons. The van der Waals surface area contributed by atoms with Crippen molar-refractivity contribution in [3.63, 3.8) is 0 Å². The van der Waals surface area contributed by atoms with Gasteiger partial charge in [0.2, 0.25) is 0 Å². The fourth-order valence-electron chi connectivity index (χ4n) is 9.17. The molecule has 0 unspecified atom stereocenters. The molecule has 278 valence electrons. The number of rotatable bonds is 10. The van der Waals surface area contributed by atoms with Gasteiger partial charge in [-0.05, 0) is 128 Å². The van der Waals surface area contributed by atoms with Gasteiger partial charge in [0.25, 0.3) is 0 Å². The maximum absolute atomic E-state index is 11.4. The molecule has 1 N–H and O–H groups in total. The van der Waals surface area contributed by atoms with Crippen LogP contribution in [-0.4, -0.2) is 40.1 Å². The number of hydrogen-bond donors (Lipinski definition) is 1. The molecule has 4 aliphatic carbocycles. The maximum Gasteiger partial charge on any atom is 0.192 e. The molecule has 50 heavy (non-hydrogen) atoms. The van der Waals surface area contributed by atoms with Gasteiger partial charge >= 0.3 is 0 Å². The Morgan fingerprint density at radius 3 is 2.10 bits per heavy atom. The van der Waals surface area contributed by atoms with Gasteiger partial charge in [-0.1, -0.05) is 122 Å². The van der Waals surface area contributed by atoms with E-state index in [1.54, 1.807) is 5.57 Å². The van der Waals surface area contributed by atoms with E-state index >= 15 is 0 Å². The van der Waals surface area contributed by atoms with Crippen molar-refractivity contribution in [2.45, 2.75) is 173 Å². The van der Waals surface area contributed by atoms with Crippen LogP contribution in [0.25, 0.3) is 0 Å². The van der Waals surface area contributed by atoms with Crippen molar-refractivity contribution in [3.8, 4) is 0 Å². The first kappa shape index (κ1) is 39.7. The summed E-state index contributed by atoms with van der Waals surface area (Å²) in [5.41, 5.74) is 5.62. The Balaban J connectivity index is 1.35. The molecule has 0 amide bonds. The maximum atomic E-state index is 11.4. The normalized spacial score (nSPS) is 32.1. The quantitative estimate of drug-likeness (QED) is 0.193. The number of hydrogen-bond acceptors (Lipinski definition) is 3. The van der Waals surface area contributed by atoms with Crippen molar-refractivity contribution in [1.29, 1.82) is 0 Å². The van der Waals surface area contributed by atoms with Crippen molar-refractivity contribution in [1.82, 2.24) is 0 Å². The summed E-state index contributed by atoms with van der Waals surface area (Å²) in [5.74, 6) is 1.70. The van der Waals surface area contributed by atoms with E-state index in [0.29, 0.717) is 23.2 Å². The lowest BCUT2D eigenvalue weighted by molar-refractivity contribution is 0.0969. The summed E-state index contributed by atoms with van der Waals surface area (Å²) in [7, 11) is -3.94. The summed E-state index contributed by atoms with van der Waals surface area (Å²) in [6.45, 7) is 33.2. The van der Waals surface area contributed by atoms with Crippen LogP contribution in [0.2, 0.25) is 36.3 Å². The van der Waals surface area contributed by atoms with Gasteiger partial charge in [-0.25, -0.2) is 0 Å². The van der Waals surface area contributed by atoms with Gasteiger partial charge in [-0.3, -0.25) is 0 Å². The van der Waals surface area contributed by atoms with Gasteiger partial charge in [0.15, 0.2) is 16.6 Å². The van der Waals surface area contributed by atoms with Gasteiger partial charge < -0.3 is 14.0 Å². The second kappa shape index (κ2) is 14.4. The van der Waals surface area contributed by atoms with Crippen molar-refractivity contribution < 1.29 is 14.0 Å². The highest BCUT2D eigenvalue weighted by Crippen LogP contribution is 2.60. The summed E-state index contributed by atoms with van der Waals surface area (Å²) in [5, 5.41) is 11.7. The van der Waals surface area contributed by atoms with Gasteiger partial charge in [0, 0.05) is 11.8 Å². The first-order valence-corrected chi connectivity index (χ1v) is 25.8. The Labute approximate surface area is 309 Å². The second-order valence-electron chi connectivity index (χ2n) is 20.1. The fraction of sp³-hybridized carbons (Fsp3) is 0.689. The van der Waals surface area contributed by atoms with Crippen LogP contribution in [0.3, 0.4) is 0 Å². The summed E-state index contributed by atoms with van der Waals surface area (Å²) < 4.78 is 14.2. The van der Waals surface area contributed by atoms with Crippen LogP contribution >= 0.6 is 0 Å². The molecule has 0 heterocycles. The smallest absolute Gasteiger partial charge is 0.192 e. The van der Waals surface area contributed by atoms with E-state index in [1.807, 2.05) is 0 Å². The van der Waals surface area contributed by atoms with Crippen molar-refractivity contribution in [2.75, 3.05) is 0 Å². The Hall–Kier alpha value is -1.51. The molecular formula is C45H72O3Si2. The summed E-state index contributed by atoms with van der Waals surface area (Å²) in [6, 6.07) is 10.6. The predicted octanol–water partition coefficient (Wildman–Crippen LogP) is 12.5. The van der Waals surface area contributed by atoms with E-state index in [-0.39, 0.29) is 27.7 Å². The zero-order valence-corrected chi connectivity index (χ0v) is 36.0. The number of benzene rings is 1. The van der Waals surface area contributed by atoms with Crippen LogP contribution in [0.15, 0.2) is 77.9 Å². The Bertz CT molecular complexity index is 1450. The van der Waals surface area contributed by atoms with E-state index in [4.69, 9.17) is 15.4 Å². The summed E-state index contributed by atoms with van der Waals surface area (Å²) >= 11 is 0. The SMILES string of the molecule is C=C1/C(=C\C=C2/CCC[C@]3(C)[C@@H]([C@H](C)/C=C/[C@@H](O)C4(c5ccccc5)CC4)CC[C@@H]23)C[C@@H](O[Si](C)(C)C(C)(C)C)C[C@@H]1O[Si](C)(C)C(C)(C)C. The molecule has 1 aromatic rings. The minimum absolute atomic E-state index is 0.0104. The van der Waals surface area contributed by atoms with Crippen LogP contribution < -0.4 is 0 Å². The predicted molar refractivity (Wildman–Crippen MR) is 219 cm³/mol. The van der Waals surface area contributed by atoms with Crippen LogP contribution in [0.4, 0.5) is 0 Å². The highest BCUT2D eigenvalue weighted by Gasteiger charge is 2.52. The largest absolute Gasteiger partial charge is 0.413 e. The van der Waals surface area contributed by atoms with E-state index in [2.05, 4.69) is 136 Å². The first-order chi connectivity index (χ1) is 23.1. The first-order valence-electron chi connectivity index (χ1n) is 20.0.